The van der Waals surface area contributed by atoms with Crippen LogP contribution >= 0.6 is 11.3 Å². The van der Waals surface area contributed by atoms with Crippen LogP contribution in [0.1, 0.15) is 17.8 Å². The highest BCUT2D eigenvalue weighted by molar-refractivity contribution is 7.10. The highest BCUT2D eigenvalue weighted by atomic mass is 32.1. The van der Waals surface area contributed by atoms with Crippen LogP contribution in [-0.4, -0.2) is 43.2 Å². The van der Waals surface area contributed by atoms with E-state index < -0.39 is 6.09 Å². The summed E-state index contributed by atoms with van der Waals surface area (Å²) in [5, 5.41) is 5.04. The number of amides is 1. The van der Waals surface area contributed by atoms with Crippen LogP contribution in [0.3, 0.4) is 0 Å². The molecule has 31 heavy (non-hydrogen) atoms. The van der Waals surface area contributed by atoms with Gasteiger partial charge in [0, 0.05) is 37.1 Å². The van der Waals surface area contributed by atoms with Crippen LogP contribution in [0.2, 0.25) is 0 Å². The minimum Gasteiger partial charge on any atom is -0.410 e. The van der Waals surface area contributed by atoms with Gasteiger partial charge in [0.2, 0.25) is 0 Å². The minimum absolute atomic E-state index is 0.0195. The number of piperazine rings is 1. The number of hydrogen-bond acceptors (Lipinski definition) is 5. The van der Waals surface area contributed by atoms with Gasteiger partial charge >= 0.3 is 6.09 Å². The van der Waals surface area contributed by atoms with E-state index in [0.717, 1.165) is 26.2 Å². The van der Waals surface area contributed by atoms with Gasteiger partial charge in [-0.15, -0.1) is 11.3 Å². The number of halogens is 1. The van der Waals surface area contributed by atoms with E-state index >= 15 is 0 Å². The highest BCUT2D eigenvalue weighted by Crippen LogP contribution is 2.30. The standard InChI is InChI=1S/C24H26FN3O2S/c1-18(26-24(29)30-19-8-3-2-4-9-19)23(22-12-7-17-31-22)28-15-13-27(14-16-28)21-11-6-5-10-20(21)25/h2-12,17-18,23H,13-16H2,1H3,(H,26,29)/t18-,23+/m0/s1. The van der Waals surface area contributed by atoms with Gasteiger partial charge in [-0.05, 0) is 42.6 Å². The molecular formula is C24H26FN3O2S. The first kappa shape index (κ1) is 21.3. The maximum absolute atomic E-state index is 14.2. The number of ether oxygens (including phenoxy) is 1. The first-order valence-corrected chi connectivity index (χ1v) is 11.3. The zero-order valence-corrected chi connectivity index (χ0v) is 18.2. The van der Waals surface area contributed by atoms with E-state index in [2.05, 4.69) is 21.2 Å². The molecule has 0 spiro atoms. The maximum Gasteiger partial charge on any atom is 0.412 e. The van der Waals surface area contributed by atoms with Crippen molar-refractivity contribution in [2.45, 2.75) is 19.0 Å². The average molecular weight is 440 g/mol. The predicted molar refractivity (Wildman–Crippen MR) is 122 cm³/mol. The fraction of sp³-hybridized carbons (Fsp3) is 0.292. The van der Waals surface area contributed by atoms with Crippen molar-refractivity contribution in [1.29, 1.82) is 0 Å². The van der Waals surface area contributed by atoms with Gasteiger partial charge in [0.05, 0.1) is 11.7 Å². The molecule has 2 heterocycles. The fourth-order valence-electron chi connectivity index (χ4n) is 4.04. The summed E-state index contributed by atoms with van der Waals surface area (Å²) in [5.41, 5.74) is 0.646. The summed E-state index contributed by atoms with van der Waals surface area (Å²) in [6.45, 7) is 5.00. The third-order valence-corrected chi connectivity index (χ3v) is 6.45. The SMILES string of the molecule is C[C@H](NC(=O)Oc1ccccc1)[C@H](c1cccs1)N1CCN(c2ccccc2F)CC1. The number of carbonyl (C=O) groups excluding carboxylic acids is 1. The van der Waals surface area contributed by atoms with Crippen molar-refractivity contribution >= 4 is 23.1 Å². The molecular weight excluding hydrogens is 413 g/mol. The van der Waals surface area contributed by atoms with Crippen molar-refractivity contribution in [3.05, 3.63) is 82.8 Å². The lowest BCUT2D eigenvalue weighted by Crippen LogP contribution is -2.52. The molecule has 3 aromatic rings. The van der Waals surface area contributed by atoms with Crippen molar-refractivity contribution in [3.63, 3.8) is 0 Å². The Bertz CT molecular complexity index is 976. The van der Waals surface area contributed by atoms with Crippen molar-refractivity contribution in [1.82, 2.24) is 10.2 Å². The summed E-state index contributed by atoms with van der Waals surface area (Å²) in [6, 6.07) is 19.9. The molecule has 0 radical (unpaired) electrons. The zero-order valence-electron chi connectivity index (χ0n) is 17.4. The van der Waals surface area contributed by atoms with E-state index in [-0.39, 0.29) is 17.9 Å². The Kier molecular flexibility index (Phi) is 6.84. The number of hydrogen-bond donors (Lipinski definition) is 1. The molecule has 0 saturated carbocycles. The molecule has 0 unspecified atom stereocenters. The normalized spacial score (nSPS) is 16.5. The van der Waals surface area contributed by atoms with Gasteiger partial charge in [0.1, 0.15) is 11.6 Å². The molecule has 1 aromatic heterocycles. The van der Waals surface area contributed by atoms with E-state index in [1.165, 1.54) is 10.9 Å². The van der Waals surface area contributed by atoms with Crippen LogP contribution in [0, 0.1) is 5.82 Å². The van der Waals surface area contributed by atoms with Gasteiger partial charge in [-0.2, -0.15) is 0 Å². The van der Waals surface area contributed by atoms with Gasteiger partial charge in [-0.1, -0.05) is 36.4 Å². The Balaban J connectivity index is 1.42. The van der Waals surface area contributed by atoms with Crippen molar-refractivity contribution in [3.8, 4) is 5.75 Å². The second-order valence-corrected chi connectivity index (χ2v) is 8.55. The lowest BCUT2D eigenvalue weighted by atomic mass is 10.0. The average Bonchev–Trinajstić information content (AvgIpc) is 3.30. The second-order valence-electron chi connectivity index (χ2n) is 7.57. The molecule has 1 aliphatic rings. The summed E-state index contributed by atoms with van der Waals surface area (Å²) in [5.74, 6) is 0.322. The summed E-state index contributed by atoms with van der Waals surface area (Å²) in [7, 11) is 0. The van der Waals surface area contributed by atoms with Crippen LogP contribution in [0.5, 0.6) is 5.75 Å². The van der Waals surface area contributed by atoms with Crippen LogP contribution in [0.25, 0.3) is 0 Å². The Morgan fingerprint density at radius 3 is 2.39 bits per heavy atom. The van der Waals surface area contributed by atoms with Crippen molar-refractivity contribution in [2.75, 3.05) is 31.1 Å². The van der Waals surface area contributed by atoms with Gasteiger partial charge in [0.15, 0.2) is 0 Å². The quantitative estimate of drug-likeness (QED) is 0.592. The Morgan fingerprint density at radius 2 is 1.71 bits per heavy atom. The molecule has 2 aromatic carbocycles. The fourth-order valence-corrected chi connectivity index (χ4v) is 5.01. The number of para-hydroxylation sites is 2. The van der Waals surface area contributed by atoms with Crippen molar-refractivity contribution in [2.24, 2.45) is 0 Å². The van der Waals surface area contributed by atoms with Crippen LogP contribution in [0.15, 0.2) is 72.1 Å². The topological polar surface area (TPSA) is 44.8 Å². The molecule has 5 nitrogen and oxygen atoms in total. The van der Waals surface area contributed by atoms with E-state index in [4.69, 9.17) is 4.74 Å². The molecule has 1 saturated heterocycles. The van der Waals surface area contributed by atoms with E-state index in [0.29, 0.717) is 11.4 Å². The molecule has 1 amide bonds. The lowest BCUT2D eigenvalue weighted by Gasteiger charge is -2.42. The summed E-state index contributed by atoms with van der Waals surface area (Å²) >= 11 is 1.68. The third-order valence-electron chi connectivity index (χ3n) is 5.51. The Morgan fingerprint density at radius 1 is 1.00 bits per heavy atom. The number of anilines is 1. The smallest absolute Gasteiger partial charge is 0.410 e. The van der Waals surface area contributed by atoms with Gasteiger partial charge in [-0.25, -0.2) is 9.18 Å². The minimum atomic E-state index is -0.467. The molecule has 7 heteroatoms. The number of thiophene rings is 1. The van der Waals surface area contributed by atoms with Crippen LogP contribution in [0.4, 0.5) is 14.9 Å². The monoisotopic (exact) mass is 439 g/mol. The number of nitrogens with zero attached hydrogens (tertiary/aromatic N) is 2. The molecule has 2 atom stereocenters. The molecule has 1 aliphatic heterocycles. The number of nitrogens with one attached hydrogen (secondary N) is 1. The highest BCUT2D eigenvalue weighted by Gasteiger charge is 2.31. The summed E-state index contributed by atoms with van der Waals surface area (Å²) < 4.78 is 19.6. The first-order chi connectivity index (χ1) is 15.1. The third kappa shape index (κ3) is 5.24. The van der Waals surface area contributed by atoms with Gasteiger partial charge in [0.25, 0.3) is 0 Å². The Labute approximate surface area is 186 Å². The molecule has 0 aliphatic carbocycles. The van der Waals surface area contributed by atoms with Crippen molar-refractivity contribution < 1.29 is 13.9 Å². The van der Waals surface area contributed by atoms with E-state index in [1.54, 1.807) is 29.5 Å². The number of carbonyl (C=O) groups is 1. The lowest BCUT2D eigenvalue weighted by molar-refractivity contribution is 0.146. The predicted octanol–water partition coefficient (Wildman–Crippen LogP) is 4.93. The molecule has 1 fully saturated rings. The van der Waals surface area contributed by atoms with E-state index in [9.17, 15) is 9.18 Å². The number of rotatable bonds is 6. The summed E-state index contributed by atoms with van der Waals surface area (Å²) in [6.07, 6.45) is -0.467. The molecule has 0 bridgehead atoms. The van der Waals surface area contributed by atoms with Crippen LogP contribution in [-0.2, 0) is 0 Å². The Hall–Kier alpha value is -2.90. The number of benzene rings is 2. The second kappa shape index (κ2) is 9.94. The van der Waals surface area contributed by atoms with Crippen LogP contribution < -0.4 is 15.0 Å². The van der Waals surface area contributed by atoms with Gasteiger partial charge < -0.3 is 15.0 Å². The molecule has 1 N–H and O–H groups in total. The summed E-state index contributed by atoms with van der Waals surface area (Å²) in [4.78, 5) is 18.1. The molecule has 4 rings (SSSR count). The van der Waals surface area contributed by atoms with E-state index in [1.807, 2.05) is 48.7 Å². The zero-order chi connectivity index (χ0) is 21.6. The van der Waals surface area contributed by atoms with Gasteiger partial charge in [-0.3, -0.25) is 4.90 Å². The first-order valence-electron chi connectivity index (χ1n) is 10.4. The molecule has 162 valence electrons. The largest absolute Gasteiger partial charge is 0.412 e. The maximum atomic E-state index is 14.2.